The first-order valence-corrected chi connectivity index (χ1v) is 2.95. The topological polar surface area (TPSA) is 38.0 Å². The minimum absolute atomic E-state index is 0.407. The Morgan fingerprint density at radius 1 is 1.56 bits per heavy atom. The number of alkyl halides is 2. The van der Waals surface area contributed by atoms with Crippen molar-refractivity contribution in [3.8, 4) is 0 Å². The van der Waals surface area contributed by atoms with E-state index in [0.29, 0.717) is 13.1 Å². The van der Waals surface area contributed by atoms with Crippen LogP contribution >= 0.6 is 0 Å². The van der Waals surface area contributed by atoms with Crippen LogP contribution in [0.2, 0.25) is 0 Å². The first kappa shape index (κ1) is 6.89. The summed E-state index contributed by atoms with van der Waals surface area (Å²) in [6.45, 7) is 0.285. The third-order valence-corrected chi connectivity index (χ3v) is 1.65. The first-order chi connectivity index (χ1) is 4.17. The summed E-state index contributed by atoms with van der Waals surface area (Å²) in [5, 5.41) is 2.77. The van der Waals surface area contributed by atoms with Gasteiger partial charge in [0.2, 0.25) is 0 Å². The highest BCUT2D eigenvalue weighted by atomic mass is 19.3. The van der Waals surface area contributed by atoms with Crippen molar-refractivity contribution >= 4 is 0 Å². The highest BCUT2D eigenvalue weighted by Crippen LogP contribution is 2.25. The molecule has 2 nitrogen and oxygen atoms in total. The van der Waals surface area contributed by atoms with Crippen LogP contribution in [-0.4, -0.2) is 25.6 Å². The average Bonchev–Trinajstić information content (AvgIpc) is 1.60. The molecule has 1 heterocycles. The lowest BCUT2D eigenvalue weighted by atomic mass is 9.95. The van der Waals surface area contributed by atoms with E-state index in [1.807, 2.05) is 0 Å². The van der Waals surface area contributed by atoms with Crippen molar-refractivity contribution in [3.63, 3.8) is 0 Å². The van der Waals surface area contributed by atoms with E-state index in [1.165, 1.54) is 0 Å². The Hall–Kier alpha value is -0.220. The van der Waals surface area contributed by atoms with Crippen LogP contribution in [0.25, 0.3) is 0 Å². The highest BCUT2D eigenvalue weighted by Gasteiger charge is 2.41. The van der Waals surface area contributed by atoms with Crippen LogP contribution in [0.4, 0.5) is 8.78 Å². The van der Waals surface area contributed by atoms with E-state index in [0.717, 1.165) is 0 Å². The molecule has 0 spiro atoms. The van der Waals surface area contributed by atoms with Crippen molar-refractivity contribution in [1.29, 1.82) is 0 Å². The van der Waals surface area contributed by atoms with Crippen molar-refractivity contribution in [3.05, 3.63) is 0 Å². The van der Waals surface area contributed by atoms with Gasteiger partial charge in [-0.2, -0.15) is 0 Å². The molecule has 1 rings (SSSR count). The molecule has 0 bridgehead atoms. The molecule has 1 saturated heterocycles. The van der Waals surface area contributed by atoms with Crippen LogP contribution in [0.1, 0.15) is 0 Å². The molecule has 9 heavy (non-hydrogen) atoms. The summed E-state index contributed by atoms with van der Waals surface area (Å²) in [7, 11) is 0. The van der Waals surface area contributed by atoms with Crippen molar-refractivity contribution in [2.24, 2.45) is 11.7 Å². The largest absolute Gasteiger partial charge is 0.325 e. The number of nitrogens with two attached hydrogens (primary N) is 1. The predicted octanol–water partition coefficient (Wildman–Crippen LogP) is -0.200. The summed E-state index contributed by atoms with van der Waals surface area (Å²) in [5.74, 6) is -3.17. The molecular weight excluding hydrogens is 126 g/mol. The maximum atomic E-state index is 12.4. The van der Waals surface area contributed by atoms with E-state index in [9.17, 15) is 8.78 Å². The van der Waals surface area contributed by atoms with Crippen LogP contribution in [0.15, 0.2) is 0 Å². The van der Waals surface area contributed by atoms with Crippen LogP contribution < -0.4 is 11.1 Å². The van der Waals surface area contributed by atoms with E-state index in [1.54, 1.807) is 0 Å². The lowest BCUT2D eigenvalue weighted by Crippen LogP contribution is -2.54. The van der Waals surface area contributed by atoms with E-state index < -0.39 is 18.4 Å². The van der Waals surface area contributed by atoms with Crippen molar-refractivity contribution in [2.45, 2.75) is 5.92 Å². The molecule has 0 aromatic carbocycles. The molecule has 54 valence electrons. The summed E-state index contributed by atoms with van der Waals surface area (Å²) < 4.78 is 24.9. The molecule has 0 aliphatic carbocycles. The van der Waals surface area contributed by atoms with E-state index >= 15 is 0 Å². The van der Waals surface area contributed by atoms with Crippen LogP contribution in [0.5, 0.6) is 0 Å². The lowest BCUT2D eigenvalue weighted by Gasteiger charge is -2.33. The number of hydrogen-bond donors (Lipinski definition) is 2. The van der Waals surface area contributed by atoms with Gasteiger partial charge in [0.15, 0.2) is 0 Å². The predicted molar refractivity (Wildman–Crippen MR) is 30.4 cm³/mol. The molecular formula is C5H10F2N2. The third-order valence-electron chi connectivity index (χ3n) is 1.65. The molecule has 0 saturated carbocycles. The van der Waals surface area contributed by atoms with Crippen molar-refractivity contribution in [2.75, 3.05) is 19.6 Å². The zero-order valence-electron chi connectivity index (χ0n) is 5.03. The normalized spacial score (nSPS) is 21.7. The molecule has 4 heteroatoms. The zero-order valence-corrected chi connectivity index (χ0v) is 5.03. The molecule has 1 aliphatic heterocycles. The number of nitrogens with one attached hydrogen (secondary N) is 1. The minimum atomic E-state index is -2.65. The number of hydrogen-bond acceptors (Lipinski definition) is 2. The number of rotatable bonds is 2. The van der Waals surface area contributed by atoms with Gasteiger partial charge in [-0.25, -0.2) is 8.78 Å². The molecule has 0 aromatic heterocycles. The Morgan fingerprint density at radius 3 is 2.22 bits per heavy atom. The second-order valence-electron chi connectivity index (χ2n) is 2.32. The van der Waals surface area contributed by atoms with Gasteiger partial charge in [0.1, 0.15) is 0 Å². The second kappa shape index (κ2) is 2.19. The third kappa shape index (κ3) is 1.19. The summed E-state index contributed by atoms with van der Waals surface area (Å²) in [6, 6.07) is 0. The Kier molecular flexibility index (Phi) is 1.68. The standard InChI is InChI=1S/C5H10F2N2/c6-5(7,3-8)4-1-9-2-4/h4,9H,1-3,8H2. The van der Waals surface area contributed by atoms with Gasteiger partial charge in [-0.1, -0.05) is 0 Å². The summed E-state index contributed by atoms with van der Waals surface area (Å²) in [4.78, 5) is 0. The Labute approximate surface area is 52.4 Å². The molecule has 0 amide bonds. The fourth-order valence-corrected chi connectivity index (χ4v) is 0.754. The van der Waals surface area contributed by atoms with E-state index in [4.69, 9.17) is 5.73 Å². The highest BCUT2D eigenvalue weighted by molar-refractivity contribution is 4.87. The monoisotopic (exact) mass is 136 g/mol. The van der Waals surface area contributed by atoms with E-state index in [2.05, 4.69) is 5.32 Å². The molecule has 1 fully saturated rings. The van der Waals surface area contributed by atoms with Crippen molar-refractivity contribution in [1.82, 2.24) is 5.32 Å². The summed E-state index contributed by atoms with van der Waals surface area (Å²) in [6.07, 6.45) is 0. The van der Waals surface area contributed by atoms with Crippen LogP contribution in [0.3, 0.4) is 0 Å². The van der Waals surface area contributed by atoms with Gasteiger partial charge < -0.3 is 11.1 Å². The van der Waals surface area contributed by atoms with Gasteiger partial charge >= 0.3 is 0 Å². The number of halogens is 2. The maximum Gasteiger partial charge on any atom is 0.265 e. The molecule has 0 radical (unpaired) electrons. The van der Waals surface area contributed by atoms with Gasteiger partial charge in [0.25, 0.3) is 5.92 Å². The smallest absolute Gasteiger partial charge is 0.265 e. The Morgan fingerprint density at radius 2 is 2.11 bits per heavy atom. The zero-order chi connectivity index (χ0) is 6.91. The molecule has 0 aromatic rings. The molecule has 0 atom stereocenters. The van der Waals surface area contributed by atoms with Crippen LogP contribution in [-0.2, 0) is 0 Å². The summed E-state index contributed by atoms with van der Waals surface area (Å²) in [5.41, 5.74) is 4.84. The SMILES string of the molecule is NCC(F)(F)C1CNC1. The first-order valence-electron chi connectivity index (χ1n) is 2.95. The van der Waals surface area contributed by atoms with Gasteiger partial charge in [0, 0.05) is 19.0 Å². The molecule has 0 unspecified atom stereocenters. The Balaban J connectivity index is 2.37. The van der Waals surface area contributed by atoms with Crippen LogP contribution in [0, 0.1) is 5.92 Å². The molecule has 1 aliphatic rings. The average molecular weight is 136 g/mol. The van der Waals surface area contributed by atoms with Gasteiger partial charge in [0.05, 0.1) is 6.54 Å². The molecule has 3 N–H and O–H groups in total. The summed E-state index contributed by atoms with van der Waals surface area (Å²) >= 11 is 0. The Bertz CT molecular complexity index is 101. The van der Waals surface area contributed by atoms with Gasteiger partial charge in [-0.15, -0.1) is 0 Å². The van der Waals surface area contributed by atoms with Gasteiger partial charge in [-0.3, -0.25) is 0 Å². The minimum Gasteiger partial charge on any atom is -0.325 e. The maximum absolute atomic E-state index is 12.4. The van der Waals surface area contributed by atoms with Crippen molar-refractivity contribution < 1.29 is 8.78 Å². The van der Waals surface area contributed by atoms with E-state index in [-0.39, 0.29) is 0 Å². The fourth-order valence-electron chi connectivity index (χ4n) is 0.754. The van der Waals surface area contributed by atoms with Gasteiger partial charge in [-0.05, 0) is 0 Å². The fraction of sp³-hybridized carbons (Fsp3) is 1.00. The second-order valence-corrected chi connectivity index (χ2v) is 2.32. The lowest BCUT2D eigenvalue weighted by molar-refractivity contribution is -0.0673. The quantitative estimate of drug-likeness (QED) is 0.551.